The molecule has 2 rings (SSSR count). The highest BCUT2D eigenvalue weighted by atomic mass is 16.5. The lowest BCUT2D eigenvalue weighted by Gasteiger charge is -2.21. The number of nitrogens with one attached hydrogen (secondary N) is 1. The zero-order valence-corrected chi connectivity index (χ0v) is 13.8. The fourth-order valence-electron chi connectivity index (χ4n) is 2.29. The first-order valence-corrected chi connectivity index (χ1v) is 7.77. The lowest BCUT2D eigenvalue weighted by atomic mass is 10.3. The largest absolute Gasteiger partial charge is 0.492 e. The molecule has 1 aromatic heterocycles. The number of aryl methyl sites for hydroxylation is 1. The third-order valence-electron chi connectivity index (χ3n) is 3.36. The Labute approximate surface area is 132 Å². The smallest absolute Gasteiger partial charge is 0.229 e. The van der Waals surface area contributed by atoms with Crippen LogP contribution in [0.25, 0.3) is 0 Å². The highest BCUT2D eigenvalue weighted by molar-refractivity contribution is 5.63. The number of hydrogen-bond acceptors (Lipinski definition) is 5. The van der Waals surface area contributed by atoms with E-state index in [1.54, 1.807) is 0 Å². The molecule has 2 aromatic rings. The Morgan fingerprint density at radius 3 is 2.50 bits per heavy atom. The molecule has 1 heterocycles. The Morgan fingerprint density at radius 2 is 1.82 bits per heavy atom. The Hall–Kier alpha value is -2.30. The summed E-state index contributed by atoms with van der Waals surface area (Å²) in [4.78, 5) is 11.3. The number of anilines is 3. The summed E-state index contributed by atoms with van der Waals surface area (Å²) in [7, 11) is 0. The van der Waals surface area contributed by atoms with Gasteiger partial charge in [0, 0.05) is 24.8 Å². The van der Waals surface area contributed by atoms with E-state index < -0.39 is 0 Å². The van der Waals surface area contributed by atoms with Gasteiger partial charge in [-0.2, -0.15) is 4.98 Å². The highest BCUT2D eigenvalue weighted by Gasteiger charge is 2.09. The molecule has 0 saturated carbocycles. The van der Waals surface area contributed by atoms with Crippen molar-refractivity contribution in [1.29, 1.82) is 0 Å². The van der Waals surface area contributed by atoms with Crippen molar-refractivity contribution in [2.24, 2.45) is 0 Å². The molecule has 0 unspecified atom stereocenters. The first-order valence-electron chi connectivity index (χ1n) is 7.77. The normalized spacial score (nSPS) is 10.4. The number of benzene rings is 1. The van der Waals surface area contributed by atoms with E-state index in [0.29, 0.717) is 12.6 Å². The number of aromatic nitrogens is 2. The molecule has 5 heteroatoms. The maximum atomic E-state index is 5.63. The van der Waals surface area contributed by atoms with Crippen molar-refractivity contribution >= 4 is 17.5 Å². The summed E-state index contributed by atoms with van der Waals surface area (Å²) in [5, 5.41) is 3.27. The predicted octanol–water partition coefficient (Wildman–Crippen LogP) is 3.77. The minimum absolute atomic E-state index is 0.592. The van der Waals surface area contributed by atoms with E-state index in [9.17, 15) is 0 Å². The van der Waals surface area contributed by atoms with Crippen LogP contribution in [0.15, 0.2) is 30.3 Å². The van der Waals surface area contributed by atoms with Crippen LogP contribution in [-0.2, 0) is 0 Å². The molecule has 0 fully saturated rings. The number of ether oxygens (including phenoxy) is 1. The zero-order valence-electron chi connectivity index (χ0n) is 13.8. The van der Waals surface area contributed by atoms with Crippen molar-refractivity contribution in [2.75, 3.05) is 29.9 Å². The van der Waals surface area contributed by atoms with Gasteiger partial charge in [-0.05, 0) is 39.8 Å². The molecule has 1 N–H and O–H groups in total. The SMILES string of the molecule is CCOc1ccccc1Nc1nc(C)cc(N(CC)CC)n1. The molecule has 0 spiro atoms. The second-order valence-corrected chi connectivity index (χ2v) is 4.92. The van der Waals surface area contributed by atoms with Crippen molar-refractivity contribution < 1.29 is 4.74 Å². The van der Waals surface area contributed by atoms with Crippen LogP contribution in [0.2, 0.25) is 0 Å². The van der Waals surface area contributed by atoms with Gasteiger partial charge < -0.3 is 15.0 Å². The molecule has 0 bridgehead atoms. The second kappa shape index (κ2) is 7.64. The van der Waals surface area contributed by atoms with Crippen LogP contribution >= 0.6 is 0 Å². The molecular weight excluding hydrogens is 276 g/mol. The molecule has 0 atom stereocenters. The van der Waals surface area contributed by atoms with E-state index in [1.165, 1.54) is 0 Å². The fraction of sp³-hybridized carbons (Fsp3) is 0.412. The van der Waals surface area contributed by atoms with Crippen molar-refractivity contribution in [3.63, 3.8) is 0 Å². The zero-order chi connectivity index (χ0) is 15.9. The first-order chi connectivity index (χ1) is 10.7. The lowest BCUT2D eigenvalue weighted by molar-refractivity contribution is 0.342. The van der Waals surface area contributed by atoms with Crippen LogP contribution in [0.1, 0.15) is 26.5 Å². The first kappa shape index (κ1) is 16.1. The molecule has 22 heavy (non-hydrogen) atoms. The van der Waals surface area contributed by atoms with Gasteiger partial charge in [0.25, 0.3) is 0 Å². The van der Waals surface area contributed by atoms with Gasteiger partial charge in [0.2, 0.25) is 5.95 Å². The standard InChI is InChI=1S/C17H24N4O/c1-5-21(6-2)16-12-13(4)18-17(20-16)19-14-10-8-9-11-15(14)22-7-3/h8-12H,5-7H2,1-4H3,(H,18,19,20). The van der Waals surface area contributed by atoms with Crippen LogP contribution in [0, 0.1) is 6.92 Å². The summed E-state index contributed by atoms with van der Waals surface area (Å²) in [5.74, 6) is 2.34. The molecule has 0 aliphatic carbocycles. The summed E-state index contributed by atoms with van der Waals surface area (Å²) in [6.07, 6.45) is 0. The van der Waals surface area contributed by atoms with Gasteiger partial charge in [0.1, 0.15) is 11.6 Å². The summed E-state index contributed by atoms with van der Waals surface area (Å²) in [5.41, 5.74) is 1.81. The van der Waals surface area contributed by atoms with E-state index in [0.717, 1.165) is 36.0 Å². The van der Waals surface area contributed by atoms with E-state index >= 15 is 0 Å². The van der Waals surface area contributed by atoms with E-state index in [1.807, 2.05) is 44.2 Å². The van der Waals surface area contributed by atoms with Crippen LogP contribution in [-0.4, -0.2) is 29.7 Å². The second-order valence-electron chi connectivity index (χ2n) is 4.92. The molecule has 5 nitrogen and oxygen atoms in total. The summed E-state index contributed by atoms with van der Waals surface area (Å²) < 4.78 is 5.63. The topological polar surface area (TPSA) is 50.3 Å². The van der Waals surface area contributed by atoms with Crippen LogP contribution in [0.4, 0.5) is 17.5 Å². The summed E-state index contributed by atoms with van der Waals surface area (Å²) >= 11 is 0. The average Bonchev–Trinajstić information content (AvgIpc) is 2.50. The Bertz CT molecular complexity index is 611. The maximum absolute atomic E-state index is 5.63. The van der Waals surface area contributed by atoms with Crippen LogP contribution in [0.3, 0.4) is 0 Å². The van der Waals surface area contributed by atoms with E-state index in [-0.39, 0.29) is 0 Å². The molecular formula is C17H24N4O. The quantitative estimate of drug-likeness (QED) is 0.843. The van der Waals surface area contributed by atoms with Crippen molar-refractivity contribution in [1.82, 2.24) is 9.97 Å². The molecule has 0 aliphatic rings. The minimum atomic E-state index is 0.592. The highest BCUT2D eigenvalue weighted by Crippen LogP contribution is 2.27. The molecule has 1 aromatic carbocycles. The van der Waals surface area contributed by atoms with E-state index in [4.69, 9.17) is 4.74 Å². The summed E-state index contributed by atoms with van der Waals surface area (Å²) in [6.45, 7) is 10.7. The molecule has 118 valence electrons. The van der Waals surface area contributed by atoms with E-state index in [2.05, 4.69) is 34.0 Å². The average molecular weight is 300 g/mol. The number of hydrogen-bond donors (Lipinski definition) is 1. The minimum Gasteiger partial charge on any atom is -0.492 e. The van der Waals surface area contributed by atoms with Gasteiger partial charge >= 0.3 is 0 Å². The van der Waals surface area contributed by atoms with Crippen LogP contribution in [0.5, 0.6) is 5.75 Å². The van der Waals surface area contributed by atoms with Gasteiger partial charge in [-0.1, -0.05) is 12.1 Å². The third-order valence-corrected chi connectivity index (χ3v) is 3.36. The third kappa shape index (κ3) is 3.87. The van der Waals surface area contributed by atoms with Crippen molar-refractivity contribution in [2.45, 2.75) is 27.7 Å². The molecule has 0 saturated heterocycles. The fourth-order valence-corrected chi connectivity index (χ4v) is 2.29. The summed E-state index contributed by atoms with van der Waals surface area (Å²) in [6, 6.07) is 9.83. The Morgan fingerprint density at radius 1 is 1.09 bits per heavy atom. The van der Waals surface area contributed by atoms with Crippen LogP contribution < -0.4 is 15.0 Å². The van der Waals surface area contributed by atoms with Gasteiger partial charge in [0.15, 0.2) is 0 Å². The van der Waals surface area contributed by atoms with Gasteiger partial charge in [-0.3, -0.25) is 0 Å². The predicted molar refractivity (Wildman–Crippen MR) is 91.2 cm³/mol. The van der Waals surface area contributed by atoms with Gasteiger partial charge in [0.05, 0.1) is 12.3 Å². The Kier molecular flexibility index (Phi) is 5.58. The Balaban J connectivity index is 2.30. The number of rotatable bonds is 7. The molecule has 0 radical (unpaired) electrons. The number of nitrogens with zero attached hydrogens (tertiary/aromatic N) is 3. The van der Waals surface area contributed by atoms with Gasteiger partial charge in [-0.15, -0.1) is 0 Å². The lowest BCUT2D eigenvalue weighted by Crippen LogP contribution is -2.23. The monoisotopic (exact) mass is 300 g/mol. The number of para-hydroxylation sites is 2. The molecule has 0 aliphatic heterocycles. The maximum Gasteiger partial charge on any atom is 0.229 e. The van der Waals surface area contributed by atoms with Crippen molar-refractivity contribution in [3.05, 3.63) is 36.0 Å². The molecule has 0 amide bonds. The van der Waals surface area contributed by atoms with Crippen molar-refractivity contribution in [3.8, 4) is 5.75 Å². The van der Waals surface area contributed by atoms with Gasteiger partial charge in [-0.25, -0.2) is 4.98 Å².